The van der Waals surface area contributed by atoms with E-state index < -0.39 is 0 Å². The second-order valence-corrected chi connectivity index (χ2v) is 3.54. The van der Waals surface area contributed by atoms with Gasteiger partial charge in [0.05, 0.1) is 0 Å². The van der Waals surface area contributed by atoms with E-state index in [9.17, 15) is 0 Å². The number of rotatable bonds is 3. The van der Waals surface area contributed by atoms with Crippen molar-refractivity contribution in [2.75, 3.05) is 0 Å². The van der Waals surface area contributed by atoms with E-state index in [1.807, 2.05) is 18.5 Å². The molecule has 12 heavy (non-hydrogen) atoms. The predicted octanol–water partition coefficient (Wildman–Crippen LogP) is 2.75. The van der Waals surface area contributed by atoms with Crippen LogP contribution in [0.3, 0.4) is 0 Å². The molecule has 1 heteroatoms. The van der Waals surface area contributed by atoms with E-state index >= 15 is 0 Å². The molecule has 0 fully saturated rings. The standard InChI is InChI=1S/C11H18N/c1-6-8-10-12(9-7-2)11(3,4)5/h6-10H,1-2H2,3-5H3/q+1/b10-8-,12-9+. The van der Waals surface area contributed by atoms with Crippen molar-refractivity contribution in [3.63, 3.8) is 0 Å². The molecule has 1 nitrogen and oxygen atoms in total. The summed E-state index contributed by atoms with van der Waals surface area (Å²) < 4.78 is 2.08. The van der Waals surface area contributed by atoms with Crippen molar-refractivity contribution < 1.29 is 4.58 Å². The normalized spacial score (nSPS) is 13.4. The fourth-order valence-corrected chi connectivity index (χ4v) is 0.764. The van der Waals surface area contributed by atoms with Gasteiger partial charge in [0, 0.05) is 26.8 Å². The van der Waals surface area contributed by atoms with Crippen molar-refractivity contribution in [1.82, 2.24) is 0 Å². The number of allylic oxidation sites excluding steroid dienone is 3. The molecule has 0 aromatic carbocycles. The molecule has 0 aliphatic carbocycles. The van der Waals surface area contributed by atoms with Crippen molar-refractivity contribution in [1.29, 1.82) is 0 Å². The molecule has 0 N–H and O–H groups in total. The van der Waals surface area contributed by atoms with Gasteiger partial charge in [0.1, 0.15) is 0 Å². The summed E-state index contributed by atoms with van der Waals surface area (Å²) in [7, 11) is 0. The van der Waals surface area contributed by atoms with Crippen molar-refractivity contribution in [3.05, 3.63) is 37.6 Å². The highest BCUT2D eigenvalue weighted by molar-refractivity contribution is 5.65. The molecule has 0 aromatic heterocycles. The Hall–Kier alpha value is -1.11. The minimum absolute atomic E-state index is 0.0910. The number of hydrogen-bond donors (Lipinski definition) is 0. The Labute approximate surface area is 75.4 Å². The largest absolute Gasteiger partial charge is 0.201 e. The van der Waals surface area contributed by atoms with Gasteiger partial charge in [-0.25, -0.2) is 4.58 Å². The van der Waals surface area contributed by atoms with Crippen LogP contribution in [0.25, 0.3) is 0 Å². The quantitative estimate of drug-likeness (QED) is 0.343. The third-order valence-electron chi connectivity index (χ3n) is 1.42. The fraction of sp³-hybridized carbons (Fsp3) is 0.364. The van der Waals surface area contributed by atoms with Gasteiger partial charge < -0.3 is 0 Å². The van der Waals surface area contributed by atoms with Gasteiger partial charge in [-0.2, -0.15) is 0 Å². The summed E-state index contributed by atoms with van der Waals surface area (Å²) in [5.74, 6) is 0. The first-order valence-corrected chi connectivity index (χ1v) is 4.06. The van der Waals surface area contributed by atoms with Gasteiger partial charge in [-0.3, -0.25) is 0 Å². The molecule has 0 radical (unpaired) electrons. The van der Waals surface area contributed by atoms with Gasteiger partial charge in [0.25, 0.3) is 0 Å². The number of nitrogens with zero attached hydrogens (tertiary/aromatic N) is 1. The van der Waals surface area contributed by atoms with E-state index in [0.717, 1.165) is 0 Å². The lowest BCUT2D eigenvalue weighted by molar-refractivity contribution is -0.529. The molecule has 0 saturated heterocycles. The minimum atomic E-state index is 0.0910. The first-order valence-electron chi connectivity index (χ1n) is 4.06. The van der Waals surface area contributed by atoms with Crippen LogP contribution in [0.15, 0.2) is 37.6 Å². The Balaban J connectivity index is 4.68. The molecule has 0 aliphatic rings. The third-order valence-corrected chi connectivity index (χ3v) is 1.42. The van der Waals surface area contributed by atoms with Crippen LogP contribution >= 0.6 is 0 Å². The van der Waals surface area contributed by atoms with E-state index in [1.165, 1.54) is 0 Å². The zero-order valence-corrected chi connectivity index (χ0v) is 8.25. The Kier molecular flexibility index (Phi) is 4.27. The predicted molar refractivity (Wildman–Crippen MR) is 55.6 cm³/mol. The smallest absolute Gasteiger partial charge is 0.169 e. The molecule has 0 spiro atoms. The van der Waals surface area contributed by atoms with Crippen LogP contribution in [-0.4, -0.2) is 16.3 Å². The van der Waals surface area contributed by atoms with Gasteiger partial charge in [0.15, 0.2) is 18.0 Å². The van der Waals surface area contributed by atoms with Crippen molar-refractivity contribution >= 4 is 6.21 Å². The Morgan fingerprint density at radius 3 is 2.00 bits per heavy atom. The maximum absolute atomic E-state index is 3.67. The van der Waals surface area contributed by atoms with E-state index in [1.54, 1.807) is 12.2 Å². The van der Waals surface area contributed by atoms with E-state index in [-0.39, 0.29) is 5.54 Å². The molecule has 0 unspecified atom stereocenters. The molecule has 0 heterocycles. The van der Waals surface area contributed by atoms with Crippen LogP contribution in [0.5, 0.6) is 0 Å². The second kappa shape index (κ2) is 4.70. The van der Waals surface area contributed by atoms with Crippen LogP contribution < -0.4 is 0 Å². The summed E-state index contributed by atoms with van der Waals surface area (Å²) in [6.07, 6.45) is 9.37. The van der Waals surface area contributed by atoms with Gasteiger partial charge in [0.2, 0.25) is 0 Å². The fourth-order valence-electron chi connectivity index (χ4n) is 0.764. The van der Waals surface area contributed by atoms with Crippen molar-refractivity contribution in [3.8, 4) is 0 Å². The molecule has 0 atom stereocenters. The number of hydrogen-bond acceptors (Lipinski definition) is 0. The van der Waals surface area contributed by atoms with E-state index in [4.69, 9.17) is 0 Å². The lowest BCUT2D eigenvalue weighted by atomic mass is 10.1. The van der Waals surface area contributed by atoms with Crippen LogP contribution in [0.1, 0.15) is 20.8 Å². The molecule has 0 bridgehead atoms. The van der Waals surface area contributed by atoms with Crippen LogP contribution in [0.4, 0.5) is 0 Å². The lowest BCUT2D eigenvalue weighted by Crippen LogP contribution is -2.29. The molecule has 66 valence electrons. The van der Waals surface area contributed by atoms with Crippen LogP contribution in [0.2, 0.25) is 0 Å². The zero-order chi connectivity index (χ0) is 9.61. The second-order valence-electron chi connectivity index (χ2n) is 3.54. The minimum Gasteiger partial charge on any atom is -0.201 e. The van der Waals surface area contributed by atoms with E-state index in [0.29, 0.717) is 0 Å². The summed E-state index contributed by atoms with van der Waals surface area (Å²) >= 11 is 0. The molecule has 0 aliphatic heterocycles. The molecular formula is C11H18N+. The highest BCUT2D eigenvalue weighted by Gasteiger charge is 2.20. The molecule has 0 aromatic rings. The van der Waals surface area contributed by atoms with Crippen molar-refractivity contribution in [2.45, 2.75) is 26.3 Å². The highest BCUT2D eigenvalue weighted by Crippen LogP contribution is 2.06. The monoisotopic (exact) mass is 164 g/mol. The highest BCUT2D eigenvalue weighted by atomic mass is 15.0. The Morgan fingerprint density at radius 1 is 1.08 bits per heavy atom. The topological polar surface area (TPSA) is 3.01 Å². The first kappa shape index (κ1) is 10.9. The van der Waals surface area contributed by atoms with Gasteiger partial charge in [-0.15, -0.1) is 0 Å². The Bertz CT molecular complexity index is 214. The van der Waals surface area contributed by atoms with Crippen molar-refractivity contribution in [2.24, 2.45) is 0 Å². The SMILES string of the molecule is C=C/C=C\[N+](=C/C=C)C(C)(C)C. The summed E-state index contributed by atoms with van der Waals surface area (Å²) in [4.78, 5) is 0. The third kappa shape index (κ3) is 3.91. The first-order chi connectivity index (χ1) is 5.52. The Morgan fingerprint density at radius 2 is 1.67 bits per heavy atom. The maximum Gasteiger partial charge on any atom is 0.169 e. The molecule has 0 saturated carbocycles. The van der Waals surface area contributed by atoms with Gasteiger partial charge >= 0.3 is 0 Å². The van der Waals surface area contributed by atoms with Gasteiger partial charge in [-0.1, -0.05) is 19.2 Å². The summed E-state index contributed by atoms with van der Waals surface area (Å²) in [5, 5.41) is 0. The summed E-state index contributed by atoms with van der Waals surface area (Å²) in [6.45, 7) is 13.7. The summed E-state index contributed by atoms with van der Waals surface area (Å²) in [6, 6.07) is 0. The lowest BCUT2D eigenvalue weighted by Gasteiger charge is -2.13. The molecule has 0 amide bonds. The van der Waals surface area contributed by atoms with Gasteiger partial charge in [-0.05, 0) is 6.08 Å². The maximum atomic E-state index is 3.67. The van der Waals surface area contributed by atoms with Crippen LogP contribution in [0, 0.1) is 0 Å². The molecule has 0 rings (SSSR count). The zero-order valence-electron chi connectivity index (χ0n) is 8.25. The molecular weight excluding hydrogens is 146 g/mol. The average molecular weight is 164 g/mol. The average Bonchev–Trinajstić information content (AvgIpc) is 1.95. The van der Waals surface area contributed by atoms with Crippen LogP contribution in [-0.2, 0) is 0 Å². The van der Waals surface area contributed by atoms with E-state index in [2.05, 4.69) is 38.5 Å². The summed E-state index contributed by atoms with van der Waals surface area (Å²) in [5.41, 5.74) is 0.0910.